The van der Waals surface area contributed by atoms with Gasteiger partial charge in [-0.25, -0.2) is 4.21 Å². The van der Waals surface area contributed by atoms with E-state index in [2.05, 4.69) is 39.6 Å². The summed E-state index contributed by atoms with van der Waals surface area (Å²) in [6, 6.07) is 21.7. The predicted molar refractivity (Wildman–Crippen MR) is 166 cm³/mol. The molecule has 2 heterocycles. The summed E-state index contributed by atoms with van der Waals surface area (Å²) in [5.41, 5.74) is 4.56. The number of hydrogen-bond donors (Lipinski definition) is 1. The number of aryl methyl sites for hydroxylation is 1. The lowest BCUT2D eigenvalue weighted by Crippen LogP contribution is -2.49. The molecule has 2 saturated heterocycles. The number of amides is 1. The van der Waals surface area contributed by atoms with E-state index in [1.165, 1.54) is 5.56 Å². The Labute approximate surface area is 245 Å². The van der Waals surface area contributed by atoms with Gasteiger partial charge in [-0.2, -0.15) is 0 Å². The fourth-order valence-electron chi connectivity index (χ4n) is 5.38. The molecule has 9 heteroatoms. The number of piperazine rings is 1. The lowest BCUT2D eigenvalue weighted by Gasteiger charge is -2.37. The molecule has 0 spiro atoms. The molecule has 3 aromatic carbocycles. The van der Waals surface area contributed by atoms with Crippen LogP contribution in [0.3, 0.4) is 0 Å². The van der Waals surface area contributed by atoms with Crippen molar-refractivity contribution < 1.29 is 18.5 Å². The highest BCUT2D eigenvalue weighted by Crippen LogP contribution is 2.30. The topological polar surface area (TPSA) is 74.4 Å². The van der Waals surface area contributed by atoms with Gasteiger partial charge in [0.2, 0.25) is 0 Å². The molecule has 1 unspecified atom stereocenters. The number of rotatable bonds is 10. The Morgan fingerprint density at radius 1 is 0.902 bits per heavy atom. The number of nitrogens with one attached hydrogen (secondary N) is 1. The van der Waals surface area contributed by atoms with Crippen molar-refractivity contribution in [1.82, 2.24) is 4.90 Å². The first-order chi connectivity index (χ1) is 20.1. The summed E-state index contributed by atoms with van der Waals surface area (Å²) in [4.78, 5) is 20.9. The second kappa shape index (κ2) is 13.9. The molecule has 1 atom stereocenters. The second-order valence-electron chi connectivity index (χ2n) is 10.4. The normalized spacial score (nSPS) is 16.4. The van der Waals surface area contributed by atoms with Gasteiger partial charge in [-0.3, -0.25) is 4.79 Å². The molecule has 5 rings (SSSR count). The molecule has 0 aromatic heterocycles. The number of benzene rings is 3. The van der Waals surface area contributed by atoms with Gasteiger partial charge < -0.3 is 28.9 Å². The van der Waals surface area contributed by atoms with Gasteiger partial charge in [0.15, 0.2) is 0 Å². The Morgan fingerprint density at radius 2 is 1.61 bits per heavy atom. The zero-order chi connectivity index (χ0) is 28.6. The smallest absolute Gasteiger partial charge is 0.256 e. The average Bonchev–Trinajstić information content (AvgIpc) is 3.04. The number of carbonyl (C=O) groups excluding carboxylic acids is 1. The summed E-state index contributed by atoms with van der Waals surface area (Å²) >= 11 is 0. The molecule has 2 aliphatic heterocycles. The highest BCUT2D eigenvalue weighted by atomic mass is 32.2. The SMILES string of the molecule is CCCCc1ccc(NS(=O)c2ccc(N3CCOCC3)c(C(=O)N3CCN(c4ccccc4OC)CC3)c2)cc1. The summed E-state index contributed by atoms with van der Waals surface area (Å²) < 4.78 is 27.6. The summed E-state index contributed by atoms with van der Waals surface area (Å²) in [5, 5.41) is 0. The van der Waals surface area contributed by atoms with E-state index < -0.39 is 11.0 Å². The van der Waals surface area contributed by atoms with Crippen molar-refractivity contribution >= 4 is 34.0 Å². The monoisotopic (exact) mass is 576 g/mol. The number of nitrogens with zero attached hydrogens (tertiary/aromatic N) is 3. The van der Waals surface area contributed by atoms with Crippen LogP contribution in [0, 0.1) is 0 Å². The number of anilines is 3. The van der Waals surface area contributed by atoms with Gasteiger partial charge in [-0.15, -0.1) is 0 Å². The Morgan fingerprint density at radius 3 is 2.32 bits per heavy atom. The average molecular weight is 577 g/mol. The van der Waals surface area contributed by atoms with Crippen LogP contribution in [0.15, 0.2) is 71.6 Å². The third-order valence-corrected chi connectivity index (χ3v) is 8.84. The van der Waals surface area contributed by atoms with E-state index in [9.17, 15) is 9.00 Å². The molecular weight excluding hydrogens is 536 g/mol. The van der Waals surface area contributed by atoms with Gasteiger partial charge in [-0.05, 0) is 60.9 Å². The highest BCUT2D eigenvalue weighted by Gasteiger charge is 2.28. The first kappa shape index (κ1) is 29.0. The van der Waals surface area contributed by atoms with Crippen LogP contribution in [0.1, 0.15) is 35.7 Å². The van der Waals surface area contributed by atoms with Crippen molar-refractivity contribution in [2.24, 2.45) is 0 Å². The molecule has 2 fully saturated rings. The van der Waals surface area contributed by atoms with Crippen LogP contribution in [0.4, 0.5) is 17.1 Å². The maximum Gasteiger partial charge on any atom is 0.256 e. The third-order valence-electron chi connectivity index (χ3n) is 7.74. The molecule has 2 aliphatic rings. The van der Waals surface area contributed by atoms with E-state index >= 15 is 0 Å². The van der Waals surface area contributed by atoms with E-state index in [1.807, 2.05) is 47.4 Å². The quantitative estimate of drug-likeness (QED) is 0.367. The second-order valence-corrected chi connectivity index (χ2v) is 11.6. The van der Waals surface area contributed by atoms with Gasteiger partial charge >= 0.3 is 0 Å². The van der Waals surface area contributed by atoms with Crippen molar-refractivity contribution in [3.63, 3.8) is 0 Å². The summed E-state index contributed by atoms with van der Waals surface area (Å²) in [7, 11) is 0.169. The van der Waals surface area contributed by atoms with E-state index in [4.69, 9.17) is 9.47 Å². The minimum atomic E-state index is -1.51. The largest absolute Gasteiger partial charge is 0.495 e. The van der Waals surface area contributed by atoms with Gasteiger partial charge in [0, 0.05) is 50.6 Å². The maximum atomic E-state index is 14.0. The minimum Gasteiger partial charge on any atom is -0.495 e. The van der Waals surface area contributed by atoms with Gasteiger partial charge in [0.25, 0.3) is 5.91 Å². The van der Waals surface area contributed by atoms with Crippen LogP contribution in [0.5, 0.6) is 5.75 Å². The van der Waals surface area contributed by atoms with Crippen molar-refractivity contribution in [1.29, 1.82) is 0 Å². The van der Waals surface area contributed by atoms with Crippen LogP contribution < -0.4 is 19.3 Å². The van der Waals surface area contributed by atoms with Crippen LogP contribution in [-0.2, 0) is 22.1 Å². The molecule has 8 nitrogen and oxygen atoms in total. The number of ether oxygens (including phenoxy) is 2. The lowest BCUT2D eigenvalue weighted by molar-refractivity contribution is 0.0745. The van der Waals surface area contributed by atoms with Crippen molar-refractivity contribution in [3.8, 4) is 5.75 Å². The molecule has 41 heavy (non-hydrogen) atoms. The number of methoxy groups -OCH3 is 1. The summed E-state index contributed by atoms with van der Waals surface area (Å²) in [6.45, 7) is 7.46. The molecule has 3 aromatic rings. The Hall–Kier alpha value is -3.56. The number of morpholine rings is 1. The fraction of sp³-hybridized carbons (Fsp3) is 0.406. The Kier molecular flexibility index (Phi) is 9.80. The predicted octanol–water partition coefficient (Wildman–Crippen LogP) is 4.97. The summed E-state index contributed by atoms with van der Waals surface area (Å²) in [6.07, 6.45) is 3.35. The molecule has 0 bridgehead atoms. The first-order valence-electron chi connectivity index (χ1n) is 14.5. The summed E-state index contributed by atoms with van der Waals surface area (Å²) in [5.74, 6) is 0.797. The van der Waals surface area contributed by atoms with Crippen LogP contribution in [-0.4, -0.2) is 74.6 Å². The Bertz CT molecular complexity index is 1340. The molecule has 0 aliphatic carbocycles. The van der Waals surface area contributed by atoms with Crippen molar-refractivity contribution in [2.75, 3.05) is 74.1 Å². The molecule has 1 N–H and O–H groups in total. The fourth-order valence-corrected chi connectivity index (χ4v) is 6.26. The molecule has 0 radical (unpaired) electrons. The van der Waals surface area contributed by atoms with Crippen LogP contribution >= 0.6 is 0 Å². The van der Waals surface area contributed by atoms with Crippen molar-refractivity contribution in [3.05, 3.63) is 77.9 Å². The molecule has 218 valence electrons. The first-order valence-corrected chi connectivity index (χ1v) is 15.6. The number of carbonyl (C=O) groups is 1. The lowest BCUT2D eigenvalue weighted by atomic mass is 10.1. The van der Waals surface area contributed by atoms with E-state index in [0.717, 1.165) is 42.1 Å². The maximum absolute atomic E-state index is 14.0. The van der Waals surface area contributed by atoms with Gasteiger partial charge in [0.05, 0.1) is 36.5 Å². The van der Waals surface area contributed by atoms with Crippen LogP contribution in [0.25, 0.3) is 0 Å². The van der Waals surface area contributed by atoms with Gasteiger partial charge in [0.1, 0.15) is 16.7 Å². The number of unbranched alkanes of at least 4 members (excludes halogenated alkanes) is 1. The van der Waals surface area contributed by atoms with E-state index in [-0.39, 0.29) is 5.91 Å². The zero-order valence-electron chi connectivity index (χ0n) is 24.0. The molecule has 0 saturated carbocycles. The van der Waals surface area contributed by atoms with E-state index in [0.29, 0.717) is 62.9 Å². The minimum absolute atomic E-state index is 0.0368. The van der Waals surface area contributed by atoms with E-state index in [1.54, 1.807) is 13.2 Å². The number of hydrogen-bond acceptors (Lipinski definition) is 6. The standard InChI is InChI=1S/C32H40N4O4S/c1-3-4-7-25-10-12-26(13-11-25)33-41(38)27-14-15-29(35-20-22-40-23-21-35)28(24-27)32(37)36-18-16-34(17-19-36)30-8-5-6-9-31(30)39-2/h5-6,8-15,24,33H,3-4,7,16-23H2,1-2H3. The third kappa shape index (κ3) is 7.02. The highest BCUT2D eigenvalue weighted by molar-refractivity contribution is 7.86. The Balaban J connectivity index is 1.33. The molecular formula is C32H40N4O4S. The number of para-hydroxylation sites is 2. The van der Waals surface area contributed by atoms with Gasteiger partial charge in [-0.1, -0.05) is 37.6 Å². The zero-order valence-corrected chi connectivity index (χ0v) is 24.8. The molecule has 1 amide bonds. The van der Waals surface area contributed by atoms with Crippen LogP contribution in [0.2, 0.25) is 0 Å². The van der Waals surface area contributed by atoms with Crippen molar-refractivity contribution in [2.45, 2.75) is 31.1 Å².